The monoisotopic (exact) mass is 250 g/mol. The SMILES string of the molecule is c1ccc([C@@H]2SC[C@H]3CCCC[C@@H]3S2)cc1. The second kappa shape index (κ2) is 5.05. The lowest BCUT2D eigenvalue weighted by atomic mass is 9.90. The van der Waals surface area contributed by atoms with Gasteiger partial charge in [-0.2, -0.15) is 0 Å². The van der Waals surface area contributed by atoms with Gasteiger partial charge < -0.3 is 0 Å². The van der Waals surface area contributed by atoms with E-state index in [0.29, 0.717) is 4.58 Å². The van der Waals surface area contributed by atoms with Crippen molar-refractivity contribution in [2.24, 2.45) is 5.92 Å². The quantitative estimate of drug-likeness (QED) is 0.707. The van der Waals surface area contributed by atoms with Crippen LogP contribution in [0.3, 0.4) is 0 Å². The zero-order chi connectivity index (χ0) is 10.8. The Bertz CT molecular complexity index is 336. The zero-order valence-corrected chi connectivity index (χ0v) is 11.1. The Labute approximate surface area is 107 Å². The van der Waals surface area contributed by atoms with E-state index in [4.69, 9.17) is 0 Å². The molecule has 0 radical (unpaired) electrons. The molecule has 0 amide bonds. The van der Waals surface area contributed by atoms with E-state index in [0.717, 1.165) is 11.2 Å². The van der Waals surface area contributed by atoms with Crippen molar-refractivity contribution in [3.05, 3.63) is 35.9 Å². The molecule has 0 nitrogen and oxygen atoms in total. The largest absolute Gasteiger partial charge is 0.142 e. The first-order valence-electron chi connectivity index (χ1n) is 6.25. The van der Waals surface area contributed by atoms with Crippen molar-refractivity contribution in [1.29, 1.82) is 0 Å². The van der Waals surface area contributed by atoms with Gasteiger partial charge in [0.25, 0.3) is 0 Å². The van der Waals surface area contributed by atoms with Crippen molar-refractivity contribution in [2.45, 2.75) is 35.5 Å². The third kappa shape index (κ3) is 2.28. The number of hydrogen-bond acceptors (Lipinski definition) is 2. The highest BCUT2D eigenvalue weighted by atomic mass is 32.2. The van der Waals surface area contributed by atoms with Crippen molar-refractivity contribution < 1.29 is 0 Å². The Kier molecular flexibility index (Phi) is 3.49. The first-order valence-corrected chi connectivity index (χ1v) is 8.24. The van der Waals surface area contributed by atoms with E-state index in [1.807, 2.05) is 0 Å². The van der Waals surface area contributed by atoms with E-state index in [2.05, 4.69) is 53.9 Å². The third-order valence-electron chi connectivity index (χ3n) is 3.67. The smallest absolute Gasteiger partial charge is 0.0754 e. The fraction of sp³-hybridized carbons (Fsp3) is 0.571. The predicted molar refractivity (Wildman–Crippen MR) is 75.0 cm³/mol. The summed E-state index contributed by atoms with van der Waals surface area (Å²) in [6.45, 7) is 0. The van der Waals surface area contributed by atoms with E-state index in [-0.39, 0.29) is 0 Å². The minimum Gasteiger partial charge on any atom is -0.142 e. The average molecular weight is 250 g/mol. The highest BCUT2D eigenvalue weighted by Gasteiger charge is 2.33. The molecule has 2 fully saturated rings. The van der Waals surface area contributed by atoms with Gasteiger partial charge >= 0.3 is 0 Å². The molecule has 1 aromatic rings. The van der Waals surface area contributed by atoms with Crippen LogP contribution in [0.4, 0.5) is 0 Å². The molecule has 16 heavy (non-hydrogen) atoms. The topological polar surface area (TPSA) is 0 Å². The van der Waals surface area contributed by atoms with Crippen LogP contribution in [0.15, 0.2) is 30.3 Å². The molecular weight excluding hydrogens is 232 g/mol. The molecule has 3 atom stereocenters. The van der Waals surface area contributed by atoms with Crippen LogP contribution < -0.4 is 0 Å². The summed E-state index contributed by atoms with van der Waals surface area (Å²) in [7, 11) is 0. The van der Waals surface area contributed by atoms with Crippen LogP contribution >= 0.6 is 23.5 Å². The number of hydrogen-bond donors (Lipinski definition) is 0. The highest BCUT2D eigenvalue weighted by molar-refractivity contribution is 8.17. The molecule has 86 valence electrons. The van der Waals surface area contributed by atoms with Crippen LogP contribution in [-0.2, 0) is 0 Å². The van der Waals surface area contributed by atoms with Gasteiger partial charge in [-0.05, 0) is 30.1 Å². The van der Waals surface area contributed by atoms with Gasteiger partial charge in [0, 0.05) is 5.25 Å². The Morgan fingerprint density at radius 3 is 2.69 bits per heavy atom. The Morgan fingerprint density at radius 1 is 1.00 bits per heavy atom. The molecule has 0 bridgehead atoms. The summed E-state index contributed by atoms with van der Waals surface area (Å²) in [6, 6.07) is 11.0. The molecule has 2 aliphatic rings. The number of benzene rings is 1. The lowest BCUT2D eigenvalue weighted by Gasteiger charge is -2.38. The van der Waals surface area contributed by atoms with Crippen LogP contribution in [-0.4, -0.2) is 11.0 Å². The van der Waals surface area contributed by atoms with Crippen LogP contribution in [0, 0.1) is 5.92 Å². The highest BCUT2D eigenvalue weighted by Crippen LogP contribution is 2.52. The molecule has 0 N–H and O–H groups in total. The fourth-order valence-corrected chi connectivity index (χ4v) is 6.40. The Balaban J connectivity index is 1.71. The van der Waals surface area contributed by atoms with Gasteiger partial charge in [-0.3, -0.25) is 0 Å². The average Bonchev–Trinajstić information content (AvgIpc) is 2.39. The van der Waals surface area contributed by atoms with Crippen LogP contribution in [0.25, 0.3) is 0 Å². The lowest BCUT2D eigenvalue weighted by molar-refractivity contribution is 0.401. The number of rotatable bonds is 1. The van der Waals surface area contributed by atoms with Crippen molar-refractivity contribution in [3.63, 3.8) is 0 Å². The molecule has 3 rings (SSSR count). The molecule has 1 aliphatic carbocycles. The third-order valence-corrected chi connectivity index (χ3v) is 7.10. The van der Waals surface area contributed by atoms with E-state index >= 15 is 0 Å². The summed E-state index contributed by atoms with van der Waals surface area (Å²) < 4.78 is 0.695. The minimum atomic E-state index is 0.695. The summed E-state index contributed by atoms with van der Waals surface area (Å²) in [5, 5.41) is 0.945. The normalized spacial score (nSPS) is 34.4. The first-order chi connectivity index (χ1) is 7.93. The van der Waals surface area contributed by atoms with Crippen molar-refractivity contribution >= 4 is 23.5 Å². The maximum absolute atomic E-state index is 2.29. The van der Waals surface area contributed by atoms with Crippen molar-refractivity contribution in [3.8, 4) is 0 Å². The number of fused-ring (bicyclic) bond motifs is 1. The van der Waals surface area contributed by atoms with Gasteiger partial charge in [-0.1, -0.05) is 43.2 Å². The fourth-order valence-electron chi connectivity index (χ4n) is 2.74. The summed E-state index contributed by atoms with van der Waals surface area (Å²) in [5.74, 6) is 2.39. The van der Waals surface area contributed by atoms with Crippen molar-refractivity contribution in [1.82, 2.24) is 0 Å². The second-order valence-corrected chi connectivity index (χ2v) is 7.58. The molecule has 1 heterocycles. The molecule has 1 saturated carbocycles. The summed E-state index contributed by atoms with van der Waals surface area (Å²) in [4.78, 5) is 0. The van der Waals surface area contributed by atoms with Crippen LogP contribution in [0.5, 0.6) is 0 Å². The molecular formula is C14H18S2. The maximum Gasteiger partial charge on any atom is 0.0754 e. The molecule has 2 heteroatoms. The predicted octanol–water partition coefficient (Wildman–Crippen LogP) is 4.72. The molecule has 0 unspecified atom stereocenters. The maximum atomic E-state index is 2.29. The number of thioether (sulfide) groups is 2. The molecule has 0 spiro atoms. The Hall–Kier alpha value is -0.0800. The molecule has 0 aromatic heterocycles. The molecule has 1 aliphatic heterocycles. The van der Waals surface area contributed by atoms with Gasteiger partial charge in [0.05, 0.1) is 4.58 Å². The van der Waals surface area contributed by atoms with E-state index in [9.17, 15) is 0 Å². The van der Waals surface area contributed by atoms with Crippen molar-refractivity contribution in [2.75, 3.05) is 5.75 Å². The standard InChI is InChI=1S/C14H18S2/c1-2-6-11(7-3-1)14-15-10-12-8-4-5-9-13(12)16-14/h1-3,6-7,12-14H,4-5,8-10H2/t12-,13+,14-/m1/s1. The second-order valence-electron chi connectivity index (χ2n) is 4.80. The molecule has 1 saturated heterocycles. The van der Waals surface area contributed by atoms with Crippen LogP contribution in [0.1, 0.15) is 35.8 Å². The van der Waals surface area contributed by atoms with Gasteiger partial charge in [0.1, 0.15) is 0 Å². The molecule has 1 aromatic carbocycles. The van der Waals surface area contributed by atoms with Gasteiger partial charge in [-0.25, -0.2) is 0 Å². The Morgan fingerprint density at radius 2 is 1.81 bits per heavy atom. The summed E-state index contributed by atoms with van der Waals surface area (Å²) in [6.07, 6.45) is 5.87. The minimum absolute atomic E-state index is 0.695. The summed E-state index contributed by atoms with van der Waals surface area (Å²) >= 11 is 4.40. The van der Waals surface area contributed by atoms with Gasteiger partial charge in [-0.15, -0.1) is 23.5 Å². The first kappa shape index (κ1) is 11.0. The van der Waals surface area contributed by atoms with E-state index in [1.54, 1.807) is 0 Å². The van der Waals surface area contributed by atoms with Crippen LogP contribution in [0.2, 0.25) is 0 Å². The summed E-state index contributed by atoms with van der Waals surface area (Å²) in [5.41, 5.74) is 1.52. The van der Waals surface area contributed by atoms with E-state index < -0.39 is 0 Å². The lowest BCUT2D eigenvalue weighted by Crippen LogP contribution is -2.28. The zero-order valence-electron chi connectivity index (χ0n) is 9.47. The van der Waals surface area contributed by atoms with Gasteiger partial charge in [0.15, 0.2) is 0 Å². The van der Waals surface area contributed by atoms with E-state index in [1.165, 1.54) is 37.0 Å². The van der Waals surface area contributed by atoms with Gasteiger partial charge in [0.2, 0.25) is 0 Å².